The van der Waals surface area contributed by atoms with Crippen LogP contribution in [0.1, 0.15) is 27.2 Å². The number of hydrogen-bond donors (Lipinski definition) is 1. The molecule has 1 aromatic carbocycles. The quantitative estimate of drug-likeness (QED) is 0.360. The van der Waals surface area contributed by atoms with Gasteiger partial charge in [0.05, 0.1) is 0 Å². The molecule has 0 fully saturated rings. The number of carbonyl (C=O) groups excluding carboxylic acids is 1. The molecule has 4 rings (SSSR count). The molecule has 3 heterocycles. The molecule has 4 aromatic rings. The first-order chi connectivity index (χ1) is 14.2. The second-order valence-corrected chi connectivity index (χ2v) is 8.22. The number of aromatic nitrogens is 3. The van der Waals surface area contributed by atoms with Gasteiger partial charge in [-0.05, 0) is 24.6 Å². The van der Waals surface area contributed by atoms with Crippen molar-refractivity contribution in [2.24, 2.45) is 0 Å². The average Bonchev–Trinajstić information content (AvgIpc) is 3.47. The van der Waals surface area contributed by atoms with Crippen molar-refractivity contribution in [1.82, 2.24) is 14.8 Å². The Bertz CT molecular complexity index is 1170. The normalized spacial score (nSPS) is 10.6. The van der Waals surface area contributed by atoms with E-state index in [2.05, 4.69) is 21.6 Å². The van der Waals surface area contributed by atoms with Crippen LogP contribution in [0, 0.1) is 18.3 Å². The van der Waals surface area contributed by atoms with E-state index in [-0.39, 0.29) is 11.1 Å². The van der Waals surface area contributed by atoms with Gasteiger partial charge >= 0.3 is 0 Å². The van der Waals surface area contributed by atoms with Crippen LogP contribution in [0.2, 0.25) is 0 Å². The zero-order valence-electron chi connectivity index (χ0n) is 15.3. The molecule has 3 aromatic heterocycles. The number of nitrogens with one attached hydrogen (secondary N) is 1. The molecular formula is C20H15N5O2S2. The first kappa shape index (κ1) is 19.0. The summed E-state index contributed by atoms with van der Waals surface area (Å²) in [6.07, 6.45) is 3.50. The third-order valence-corrected chi connectivity index (χ3v) is 6.12. The lowest BCUT2D eigenvalue weighted by Gasteiger charge is -2.00. The van der Waals surface area contributed by atoms with Gasteiger partial charge in [0, 0.05) is 18.1 Å². The SMILES string of the molecule is Cc1oc(-n2cccc2)c(C#N)c1C(=O)Nc1nnc(SCc2ccccc2)s1. The zero-order chi connectivity index (χ0) is 20.2. The Morgan fingerprint density at radius 1 is 1.24 bits per heavy atom. The number of amides is 1. The van der Waals surface area contributed by atoms with Crippen LogP contribution in [0.3, 0.4) is 0 Å². The summed E-state index contributed by atoms with van der Waals surface area (Å²) in [6.45, 7) is 1.66. The maximum atomic E-state index is 12.8. The van der Waals surface area contributed by atoms with Gasteiger partial charge < -0.3 is 4.42 Å². The Morgan fingerprint density at radius 3 is 2.72 bits per heavy atom. The standard InChI is InChI=1S/C20H15N5O2S2/c1-13-16(15(11-21)18(27-13)25-9-5-6-10-25)17(26)22-19-23-24-20(29-19)28-12-14-7-3-2-4-8-14/h2-10H,12H2,1H3,(H,22,23,26). The fourth-order valence-corrected chi connectivity index (χ4v) is 4.46. The minimum atomic E-state index is -0.447. The summed E-state index contributed by atoms with van der Waals surface area (Å²) in [4.78, 5) is 12.8. The lowest BCUT2D eigenvalue weighted by Crippen LogP contribution is -2.13. The Morgan fingerprint density at radius 2 is 2.00 bits per heavy atom. The van der Waals surface area contributed by atoms with Crippen LogP contribution in [-0.4, -0.2) is 20.7 Å². The Balaban J connectivity index is 1.49. The van der Waals surface area contributed by atoms with Gasteiger partial charge in [0.15, 0.2) is 4.34 Å². The van der Waals surface area contributed by atoms with Gasteiger partial charge in [-0.25, -0.2) is 0 Å². The van der Waals surface area contributed by atoms with E-state index in [1.54, 1.807) is 35.6 Å². The van der Waals surface area contributed by atoms with E-state index in [0.717, 1.165) is 10.1 Å². The number of nitrogens with zero attached hydrogens (tertiary/aromatic N) is 4. The predicted octanol–water partition coefficient (Wildman–Crippen LogP) is 4.65. The predicted molar refractivity (Wildman–Crippen MR) is 111 cm³/mol. The van der Waals surface area contributed by atoms with Crippen LogP contribution < -0.4 is 5.32 Å². The molecule has 7 nitrogen and oxygen atoms in total. The van der Waals surface area contributed by atoms with Gasteiger partial charge in [-0.15, -0.1) is 10.2 Å². The highest BCUT2D eigenvalue weighted by atomic mass is 32.2. The van der Waals surface area contributed by atoms with Crippen LogP contribution >= 0.6 is 23.1 Å². The third kappa shape index (κ3) is 4.08. The molecule has 1 amide bonds. The van der Waals surface area contributed by atoms with Crippen LogP contribution in [0.25, 0.3) is 5.88 Å². The van der Waals surface area contributed by atoms with Crippen molar-refractivity contribution >= 4 is 34.1 Å². The van der Waals surface area contributed by atoms with E-state index < -0.39 is 5.91 Å². The molecular weight excluding hydrogens is 406 g/mol. The van der Waals surface area contributed by atoms with E-state index in [1.165, 1.54) is 16.9 Å². The Labute approximate surface area is 175 Å². The number of carbonyl (C=O) groups is 1. The molecule has 144 valence electrons. The van der Waals surface area contributed by atoms with Crippen molar-refractivity contribution in [2.75, 3.05) is 5.32 Å². The molecule has 0 saturated heterocycles. The number of furan rings is 1. The highest BCUT2D eigenvalue weighted by molar-refractivity contribution is 8.00. The van der Waals surface area contributed by atoms with Gasteiger partial charge in [0.2, 0.25) is 11.0 Å². The van der Waals surface area contributed by atoms with Gasteiger partial charge in [-0.1, -0.05) is 53.4 Å². The average molecular weight is 422 g/mol. The number of nitriles is 1. The highest BCUT2D eigenvalue weighted by Gasteiger charge is 2.25. The number of aryl methyl sites for hydroxylation is 1. The van der Waals surface area contributed by atoms with Gasteiger partial charge in [0.25, 0.3) is 5.91 Å². The summed E-state index contributed by atoms with van der Waals surface area (Å²) in [5.41, 5.74) is 1.56. The van der Waals surface area contributed by atoms with Crippen molar-refractivity contribution in [3.63, 3.8) is 0 Å². The fraction of sp³-hybridized carbons (Fsp3) is 0.100. The third-order valence-electron chi connectivity index (χ3n) is 4.08. The number of benzene rings is 1. The van der Waals surface area contributed by atoms with Gasteiger partial charge in [-0.2, -0.15) is 5.26 Å². The smallest absolute Gasteiger partial charge is 0.262 e. The van der Waals surface area contributed by atoms with Crippen LogP contribution in [0.5, 0.6) is 0 Å². The molecule has 0 aliphatic carbocycles. The summed E-state index contributed by atoms with van der Waals surface area (Å²) in [5, 5.41) is 20.8. The van der Waals surface area contributed by atoms with Crippen LogP contribution in [-0.2, 0) is 5.75 Å². The summed E-state index contributed by atoms with van der Waals surface area (Å²) < 4.78 is 8.09. The van der Waals surface area contributed by atoms with E-state index in [4.69, 9.17) is 4.42 Å². The lowest BCUT2D eigenvalue weighted by molar-refractivity contribution is 0.102. The molecule has 1 N–H and O–H groups in total. The molecule has 29 heavy (non-hydrogen) atoms. The molecule has 0 saturated carbocycles. The van der Waals surface area contributed by atoms with Crippen molar-refractivity contribution in [1.29, 1.82) is 5.26 Å². The minimum absolute atomic E-state index is 0.180. The van der Waals surface area contributed by atoms with E-state index in [1.807, 2.05) is 42.5 Å². The van der Waals surface area contributed by atoms with Crippen LogP contribution in [0.15, 0.2) is 63.6 Å². The molecule has 0 aliphatic rings. The van der Waals surface area contributed by atoms with Gasteiger partial charge in [0.1, 0.15) is 23.0 Å². The minimum Gasteiger partial charge on any atom is -0.443 e. The highest BCUT2D eigenvalue weighted by Crippen LogP contribution is 2.30. The second-order valence-electron chi connectivity index (χ2n) is 6.02. The van der Waals surface area contributed by atoms with Crippen LogP contribution in [0.4, 0.5) is 5.13 Å². The van der Waals surface area contributed by atoms with Crippen molar-refractivity contribution in [3.8, 4) is 12.0 Å². The largest absolute Gasteiger partial charge is 0.443 e. The molecule has 0 atom stereocenters. The first-order valence-electron chi connectivity index (χ1n) is 8.64. The maximum Gasteiger partial charge on any atom is 0.262 e. The number of thioether (sulfide) groups is 1. The summed E-state index contributed by atoms with van der Waals surface area (Å²) in [7, 11) is 0. The monoisotopic (exact) mass is 421 g/mol. The molecule has 0 bridgehead atoms. The van der Waals surface area contributed by atoms with Crippen molar-refractivity contribution < 1.29 is 9.21 Å². The van der Waals surface area contributed by atoms with Crippen molar-refractivity contribution in [3.05, 3.63) is 77.3 Å². The van der Waals surface area contributed by atoms with E-state index in [9.17, 15) is 10.1 Å². The molecule has 0 aliphatic heterocycles. The number of anilines is 1. The Hall–Kier alpha value is -3.35. The van der Waals surface area contributed by atoms with Gasteiger partial charge in [-0.3, -0.25) is 14.7 Å². The second kappa shape index (κ2) is 8.34. The van der Waals surface area contributed by atoms with E-state index in [0.29, 0.717) is 16.8 Å². The number of hydrogen-bond acceptors (Lipinski definition) is 7. The topological polar surface area (TPSA) is 96.7 Å². The number of rotatable bonds is 6. The molecule has 0 radical (unpaired) electrons. The molecule has 0 unspecified atom stereocenters. The first-order valence-corrected chi connectivity index (χ1v) is 10.4. The summed E-state index contributed by atoms with van der Waals surface area (Å²) in [6, 6.07) is 15.7. The summed E-state index contributed by atoms with van der Waals surface area (Å²) in [5.74, 6) is 1.00. The zero-order valence-corrected chi connectivity index (χ0v) is 17.0. The maximum absolute atomic E-state index is 12.8. The summed E-state index contributed by atoms with van der Waals surface area (Å²) >= 11 is 2.84. The molecule has 0 spiro atoms. The fourth-order valence-electron chi connectivity index (χ4n) is 2.76. The van der Waals surface area contributed by atoms with Crippen molar-refractivity contribution in [2.45, 2.75) is 17.0 Å². The van der Waals surface area contributed by atoms with E-state index >= 15 is 0 Å². The molecule has 9 heteroatoms. The Kier molecular flexibility index (Phi) is 5.46. The lowest BCUT2D eigenvalue weighted by atomic mass is 10.1.